The zero-order valence-corrected chi connectivity index (χ0v) is 19.4. The van der Waals surface area contributed by atoms with Crippen LogP contribution in [0.4, 0.5) is 5.69 Å². The van der Waals surface area contributed by atoms with E-state index in [1.165, 1.54) is 11.6 Å². The molecule has 0 spiro atoms. The van der Waals surface area contributed by atoms with Crippen molar-refractivity contribution in [1.29, 1.82) is 0 Å². The fourth-order valence-corrected chi connectivity index (χ4v) is 4.39. The van der Waals surface area contributed by atoms with Gasteiger partial charge in [-0.25, -0.2) is 4.68 Å². The van der Waals surface area contributed by atoms with Crippen molar-refractivity contribution >= 4 is 17.4 Å². The highest BCUT2D eigenvalue weighted by Crippen LogP contribution is 2.29. The van der Waals surface area contributed by atoms with Gasteiger partial charge >= 0.3 is 0 Å². The van der Waals surface area contributed by atoms with Gasteiger partial charge in [0.2, 0.25) is 5.91 Å². The largest absolute Gasteiger partial charge is 0.324 e. The number of aromatic nitrogens is 2. The fraction of sp³-hybridized carbons (Fsp3) is 0.333. The molecule has 170 valence electrons. The minimum Gasteiger partial charge on any atom is -0.324 e. The van der Waals surface area contributed by atoms with Gasteiger partial charge < -0.3 is 5.32 Å². The highest BCUT2D eigenvalue weighted by atomic mass is 16.2. The van der Waals surface area contributed by atoms with Gasteiger partial charge in [0, 0.05) is 22.4 Å². The van der Waals surface area contributed by atoms with Gasteiger partial charge in [-0.15, -0.1) is 0 Å². The first-order valence-electron chi connectivity index (χ1n) is 11.5. The van der Waals surface area contributed by atoms with Crippen molar-refractivity contribution in [3.8, 4) is 11.3 Å². The molecule has 1 amide bonds. The van der Waals surface area contributed by atoms with Gasteiger partial charge in [0.05, 0.1) is 5.69 Å². The number of hydrogen-bond acceptors (Lipinski definition) is 4. The third-order valence-electron chi connectivity index (χ3n) is 6.30. The quantitative estimate of drug-likeness (QED) is 0.550. The topological polar surface area (TPSA) is 81.1 Å². The van der Waals surface area contributed by atoms with Crippen LogP contribution in [0.1, 0.15) is 66.2 Å². The molecule has 0 radical (unpaired) electrons. The minimum atomic E-state index is -0.735. The SMILES string of the molecule is CC[C@H](C(=O)Nc1ccc(C(C)=O)cc1)n1nc(-c2ccc(C)cc2)c2c(c1=O)CCCC2. The van der Waals surface area contributed by atoms with Crippen molar-refractivity contribution in [2.45, 2.75) is 58.9 Å². The van der Waals surface area contributed by atoms with E-state index in [0.29, 0.717) is 24.1 Å². The summed E-state index contributed by atoms with van der Waals surface area (Å²) in [5.74, 6) is -0.332. The number of fused-ring (bicyclic) bond motifs is 1. The predicted octanol–water partition coefficient (Wildman–Crippen LogP) is 4.89. The van der Waals surface area contributed by atoms with E-state index in [-0.39, 0.29) is 17.2 Å². The number of aryl methyl sites for hydroxylation is 1. The van der Waals surface area contributed by atoms with Crippen LogP contribution in [-0.2, 0) is 17.6 Å². The average molecular weight is 444 g/mol. The van der Waals surface area contributed by atoms with E-state index in [1.54, 1.807) is 24.3 Å². The number of hydrogen-bond donors (Lipinski definition) is 1. The van der Waals surface area contributed by atoms with Crippen molar-refractivity contribution in [2.75, 3.05) is 5.32 Å². The number of anilines is 1. The lowest BCUT2D eigenvalue weighted by Crippen LogP contribution is -2.38. The Labute approximate surface area is 193 Å². The molecule has 1 aromatic heterocycles. The van der Waals surface area contributed by atoms with Gasteiger partial charge in [0.1, 0.15) is 6.04 Å². The summed E-state index contributed by atoms with van der Waals surface area (Å²) in [6, 6.07) is 14.1. The number of nitrogens with one attached hydrogen (secondary N) is 1. The number of rotatable bonds is 6. The molecule has 1 heterocycles. The Balaban J connectivity index is 1.73. The van der Waals surface area contributed by atoms with Crippen LogP contribution in [0.2, 0.25) is 0 Å². The molecule has 6 heteroatoms. The summed E-state index contributed by atoms with van der Waals surface area (Å²) in [4.78, 5) is 38.1. The number of benzene rings is 2. The first kappa shape index (κ1) is 22.6. The summed E-state index contributed by atoms with van der Waals surface area (Å²) < 4.78 is 1.37. The van der Waals surface area contributed by atoms with E-state index in [1.807, 2.05) is 38.1 Å². The molecule has 3 aromatic rings. The Morgan fingerprint density at radius 3 is 2.24 bits per heavy atom. The standard InChI is InChI=1S/C27H29N3O3/c1-4-24(26(32)28-21-15-13-19(14-16-21)18(3)31)30-27(33)23-8-6-5-7-22(23)25(29-30)20-11-9-17(2)10-12-20/h9-16,24H,4-8H2,1-3H3,(H,28,32)/t24-/m1/s1. The van der Waals surface area contributed by atoms with Crippen molar-refractivity contribution < 1.29 is 9.59 Å². The van der Waals surface area contributed by atoms with Gasteiger partial charge in [-0.2, -0.15) is 5.10 Å². The maximum Gasteiger partial charge on any atom is 0.271 e. The zero-order valence-electron chi connectivity index (χ0n) is 19.4. The van der Waals surface area contributed by atoms with E-state index < -0.39 is 6.04 Å². The van der Waals surface area contributed by atoms with Gasteiger partial charge in [-0.3, -0.25) is 14.4 Å². The van der Waals surface area contributed by atoms with Gasteiger partial charge in [0.15, 0.2) is 5.78 Å². The summed E-state index contributed by atoms with van der Waals surface area (Å²) in [6.07, 6.45) is 3.96. The molecule has 0 aliphatic heterocycles. The Kier molecular flexibility index (Phi) is 6.54. The van der Waals surface area contributed by atoms with E-state index in [2.05, 4.69) is 5.32 Å². The van der Waals surface area contributed by atoms with Crippen LogP contribution in [0.15, 0.2) is 53.3 Å². The maximum atomic E-state index is 13.4. The molecule has 0 unspecified atom stereocenters. The second-order valence-corrected chi connectivity index (χ2v) is 8.68. The molecule has 0 bridgehead atoms. The van der Waals surface area contributed by atoms with Crippen molar-refractivity contribution in [3.63, 3.8) is 0 Å². The fourth-order valence-electron chi connectivity index (χ4n) is 4.39. The third-order valence-corrected chi connectivity index (χ3v) is 6.30. The molecule has 0 saturated heterocycles. The highest BCUT2D eigenvalue weighted by Gasteiger charge is 2.27. The van der Waals surface area contributed by atoms with Gasteiger partial charge in [-0.1, -0.05) is 36.8 Å². The molecule has 2 aromatic carbocycles. The van der Waals surface area contributed by atoms with Crippen molar-refractivity contribution in [3.05, 3.63) is 81.1 Å². The Morgan fingerprint density at radius 1 is 1.00 bits per heavy atom. The van der Waals surface area contributed by atoms with Gasteiger partial charge in [-0.05, 0) is 75.8 Å². The molecule has 0 fully saturated rings. The lowest BCUT2D eigenvalue weighted by atomic mass is 9.89. The highest BCUT2D eigenvalue weighted by molar-refractivity contribution is 5.96. The average Bonchev–Trinajstić information content (AvgIpc) is 2.82. The number of carbonyl (C=O) groups excluding carboxylic acids is 2. The smallest absolute Gasteiger partial charge is 0.271 e. The molecular formula is C27H29N3O3. The summed E-state index contributed by atoms with van der Waals surface area (Å²) in [7, 11) is 0. The number of nitrogens with zero attached hydrogens (tertiary/aromatic N) is 2. The molecule has 1 N–H and O–H groups in total. The van der Waals surface area contributed by atoms with Crippen LogP contribution in [0.25, 0.3) is 11.3 Å². The molecule has 4 rings (SSSR count). The third kappa shape index (κ3) is 4.65. The van der Waals surface area contributed by atoms with Crippen LogP contribution in [0.5, 0.6) is 0 Å². The van der Waals surface area contributed by atoms with E-state index in [0.717, 1.165) is 47.2 Å². The van der Waals surface area contributed by atoms with Crippen LogP contribution in [0, 0.1) is 6.92 Å². The minimum absolute atomic E-state index is 0.0345. The summed E-state index contributed by atoms with van der Waals surface area (Å²) in [5.41, 5.74) is 5.69. The van der Waals surface area contributed by atoms with Crippen LogP contribution in [0.3, 0.4) is 0 Å². The van der Waals surface area contributed by atoms with Crippen LogP contribution in [-0.4, -0.2) is 21.5 Å². The Hall–Kier alpha value is -3.54. The Morgan fingerprint density at radius 2 is 1.64 bits per heavy atom. The second kappa shape index (κ2) is 9.53. The second-order valence-electron chi connectivity index (χ2n) is 8.68. The first-order valence-corrected chi connectivity index (χ1v) is 11.5. The summed E-state index contributed by atoms with van der Waals surface area (Å²) >= 11 is 0. The molecule has 33 heavy (non-hydrogen) atoms. The maximum absolute atomic E-state index is 13.4. The normalized spacial score (nSPS) is 13.8. The molecule has 0 saturated carbocycles. The monoisotopic (exact) mass is 443 g/mol. The predicted molar refractivity (Wildman–Crippen MR) is 130 cm³/mol. The van der Waals surface area contributed by atoms with E-state index >= 15 is 0 Å². The number of Topliss-reactive ketones (excluding diaryl/α,β-unsaturated/α-hetero) is 1. The summed E-state index contributed by atoms with van der Waals surface area (Å²) in [5, 5.41) is 7.64. The number of ketones is 1. The first-order chi connectivity index (χ1) is 15.9. The van der Waals surface area contributed by atoms with Crippen molar-refractivity contribution in [2.24, 2.45) is 0 Å². The summed E-state index contributed by atoms with van der Waals surface area (Å²) in [6.45, 7) is 5.41. The van der Waals surface area contributed by atoms with Crippen LogP contribution < -0.4 is 10.9 Å². The molecule has 6 nitrogen and oxygen atoms in total. The zero-order chi connectivity index (χ0) is 23.5. The van der Waals surface area contributed by atoms with Crippen LogP contribution >= 0.6 is 0 Å². The molecule has 1 aliphatic carbocycles. The van der Waals surface area contributed by atoms with Crippen molar-refractivity contribution in [1.82, 2.24) is 9.78 Å². The number of amides is 1. The van der Waals surface area contributed by atoms with Gasteiger partial charge in [0.25, 0.3) is 5.56 Å². The Bertz CT molecular complexity index is 1240. The lowest BCUT2D eigenvalue weighted by molar-refractivity contribution is -0.119. The lowest BCUT2D eigenvalue weighted by Gasteiger charge is -2.24. The number of carbonyl (C=O) groups is 2. The molecular weight excluding hydrogens is 414 g/mol. The van der Waals surface area contributed by atoms with E-state index in [4.69, 9.17) is 5.10 Å². The molecule has 1 aliphatic rings. The van der Waals surface area contributed by atoms with E-state index in [9.17, 15) is 14.4 Å². The molecule has 1 atom stereocenters.